The van der Waals surface area contributed by atoms with Crippen LogP contribution in [-0.2, 0) is 12.8 Å². The zero-order valence-corrected chi connectivity index (χ0v) is 13.9. The number of benzene rings is 3. The Bertz CT molecular complexity index is 903. The summed E-state index contributed by atoms with van der Waals surface area (Å²) in [5, 5.41) is 3.03. The summed E-state index contributed by atoms with van der Waals surface area (Å²) < 4.78 is 5.96. The maximum absolute atomic E-state index is 12.7. The molecule has 0 spiro atoms. The molecule has 0 aliphatic carbocycles. The number of hydrogen-bond donors (Lipinski definition) is 1. The molecular weight excluding hydrogens is 310 g/mol. The van der Waals surface area contributed by atoms with Crippen molar-refractivity contribution in [3.8, 4) is 11.5 Å². The van der Waals surface area contributed by atoms with Crippen LogP contribution in [0.3, 0.4) is 0 Å². The third-order valence-electron chi connectivity index (χ3n) is 4.48. The average molecular weight is 329 g/mol. The number of hydrogen-bond acceptors (Lipinski definition) is 2. The summed E-state index contributed by atoms with van der Waals surface area (Å²) >= 11 is 0. The van der Waals surface area contributed by atoms with Crippen LogP contribution >= 0.6 is 0 Å². The van der Waals surface area contributed by atoms with Gasteiger partial charge in [-0.3, -0.25) is 4.79 Å². The molecule has 3 aromatic carbocycles. The Balaban J connectivity index is 1.49. The fourth-order valence-corrected chi connectivity index (χ4v) is 3.17. The first-order valence-corrected chi connectivity index (χ1v) is 8.51. The van der Waals surface area contributed by atoms with Crippen LogP contribution in [0, 0.1) is 0 Å². The Morgan fingerprint density at radius 2 is 1.64 bits per heavy atom. The van der Waals surface area contributed by atoms with Gasteiger partial charge in [0.1, 0.15) is 11.5 Å². The van der Waals surface area contributed by atoms with Crippen molar-refractivity contribution in [3.05, 3.63) is 95.1 Å². The number of rotatable bonds is 4. The van der Waals surface area contributed by atoms with Crippen LogP contribution in [0.2, 0.25) is 0 Å². The molecule has 1 aliphatic rings. The molecular formula is C22H19NO2. The zero-order valence-electron chi connectivity index (χ0n) is 13.9. The van der Waals surface area contributed by atoms with Gasteiger partial charge in [0.15, 0.2) is 0 Å². The monoisotopic (exact) mass is 329 g/mol. The number of carbonyl (C=O) groups is 1. The summed E-state index contributed by atoms with van der Waals surface area (Å²) in [5.41, 5.74) is 3.98. The first-order chi connectivity index (χ1) is 12.3. The van der Waals surface area contributed by atoms with Crippen molar-refractivity contribution in [2.45, 2.75) is 12.8 Å². The maximum atomic E-state index is 12.7. The van der Waals surface area contributed by atoms with Crippen LogP contribution < -0.4 is 10.1 Å². The van der Waals surface area contributed by atoms with E-state index in [4.69, 9.17) is 4.74 Å². The van der Waals surface area contributed by atoms with E-state index in [1.54, 1.807) is 0 Å². The molecule has 3 heteroatoms. The molecule has 0 aromatic heterocycles. The molecule has 25 heavy (non-hydrogen) atoms. The van der Waals surface area contributed by atoms with E-state index in [1.807, 2.05) is 60.7 Å². The van der Waals surface area contributed by atoms with Gasteiger partial charge >= 0.3 is 0 Å². The van der Waals surface area contributed by atoms with Crippen LogP contribution in [0.5, 0.6) is 11.5 Å². The van der Waals surface area contributed by atoms with Gasteiger partial charge in [0.2, 0.25) is 0 Å². The zero-order chi connectivity index (χ0) is 17.1. The van der Waals surface area contributed by atoms with Crippen molar-refractivity contribution >= 4 is 5.91 Å². The molecule has 124 valence electrons. The normalized spacial score (nSPS) is 11.8. The van der Waals surface area contributed by atoms with E-state index in [0.717, 1.165) is 29.0 Å². The Morgan fingerprint density at radius 1 is 0.880 bits per heavy atom. The van der Waals surface area contributed by atoms with Gasteiger partial charge < -0.3 is 10.1 Å². The van der Waals surface area contributed by atoms with Crippen molar-refractivity contribution in [1.82, 2.24) is 5.32 Å². The van der Waals surface area contributed by atoms with Gasteiger partial charge in [-0.05, 0) is 35.7 Å². The summed E-state index contributed by atoms with van der Waals surface area (Å²) in [6.45, 7) is 0.615. The fraction of sp³-hybridized carbons (Fsp3) is 0.136. The minimum Gasteiger partial charge on any atom is -0.457 e. The second kappa shape index (κ2) is 6.81. The Kier molecular flexibility index (Phi) is 4.21. The lowest BCUT2D eigenvalue weighted by Gasteiger charge is -2.22. The van der Waals surface area contributed by atoms with Gasteiger partial charge in [-0.15, -0.1) is 0 Å². The van der Waals surface area contributed by atoms with E-state index in [9.17, 15) is 4.79 Å². The highest BCUT2D eigenvalue weighted by Crippen LogP contribution is 2.37. The van der Waals surface area contributed by atoms with Gasteiger partial charge in [-0.1, -0.05) is 54.6 Å². The molecule has 4 rings (SSSR count). The molecule has 0 saturated heterocycles. The van der Waals surface area contributed by atoms with Crippen molar-refractivity contribution < 1.29 is 9.53 Å². The van der Waals surface area contributed by atoms with Gasteiger partial charge in [0, 0.05) is 24.1 Å². The highest BCUT2D eigenvalue weighted by molar-refractivity contribution is 5.96. The number of amides is 1. The first-order valence-electron chi connectivity index (χ1n) is 8.51. The Morgan fingerprint density at radius 3 is 2.52 bits per heavy atom. The topological polar surface area (TPSA) is 38.3 Å². The predicted molar refractivity (Wildman–Crippen MR) is 98.2 cm³/mol. The summed E-state index contributed by atoms with van der Waals surface area (Å²) in [5.74, 6) is 1.60. The highest BCUT2D eigenvalue weighted by atomic mass is 16.5. The largest absolute Gasteiger partial charge is 0.457 e. The number of ether oxygens (including phenoxy) is 1. The minimum atomic E-state index is -0.0456. The average Bonchev–Trinajstić information content (AvgIpc) is 2.66. The van der Waals surface area contributed by atoms with Crippen LogP contribution in [0.4, 0.5) is 0 Å². The molecule has 1 aliphatic heterocycles. The second-order valence-electron chi connectivity index (χ2n) is 6.16. The van der Waals surface area contributed by atoms with E-state index in [1.165, 1.54) is 5.56 Å². The number of nitrogens with one attached hydrogen (secondary N) is 1. The molecule has 0 radical (unpaired) electrons. The van der Waals surface area contributed by atoms with Gasteiger partial charge in [-0.25, -0.2) is 0 Å². The summed E-state index contributed by atoms with van der Waals surface area (Å²) in [6.07, 6.45) is 1.54. The van der Waals surface area contributed by atoms with Crippen LogP contribution in [0.15, 0.2) is 72.8 Å². The van der Waals surface area contributed by atoms with Gasteiger partial charge in [0.05, 0.1) is 0 Å². The van der Waals surface area contributed by atoms with E-state index < -0.39 is 0 Å². The Labute approximate surface area is 147 Å². The fourth-order valence-electron chi connectivity index (χ4n) is 3.17. The molecule has 3 aromatic rings. The third kappa shape index (κ3) is 3.26. The molecule has 1 amide bonds. The maximum Gasteiger partial charge on any atom is 0.251 e. The lowest BCUT2D eigenvalue weighted by Crippen LogP contribution is -2.27. The molecule has 0 unspecified atom stereocenters. The number of carbonyl (C=O) groups excluding carboxylic acids is 1. The standard InChI is InChI=1S/C22H19NO2/c24-22(23-14-13-16-7-2-1-3-8-16)18-10-6-12-21-19(18)15-17-9-4-5-11-20(17)25-21/h1-12H,13-15H2,(H,23,24). The highest BCUT2D eigenvalue weighted by Gasteiger charge is 2.22. The minimum absolute atomic E-state index is 0.0456. The van der Waals surface area contributed by atoms with Crippen molar-refractivity contribution in [3.63, 3.8) is 0 Å². The summed E-state index contributed by atoms with van der Waals surface area (Å²) in [4.78, 5) is 12.7. The van der Waals surface area contributed by atoms with Gasteiger partial charge in [0.25, 0.3) is 5.91 Å². The van der Waals surface area contributed by atoms with Crippen LogP contribution in [-0.4, -0.2) is 12.5 Å². The second-order valence-corrected chi connectivity index (χ2v) is 6.16. The SMILES string of the molecule is O=C(NCCc1ccccc1)c1cccc2c1Cc1ccccc1O2. The molecule has 0 atom stereocenters. The molecule has 1 N–H and O–H groups in total. The van der Waals surface area contributed by atoms with E-state index in [-0.39, 0.29) is 5.91 Å². The van der Waals surface area contributed by atoms with Crippen LogP contribution in [0.25, 0.3) is 0 Å². The van der Waals surface area contributed by atoms with E-state index >= 15 is 0 Å². The van der Waals surface area contributed by atoms with Crippen LogP contribution in [0.1, 0.15) is 27.0 Å². The molecule has 1 heterocycles. The van der Waals surface area contributed by atoms with Gasteiger partial charge in [-0.2, -0.15) is 0 Å². The molecule has 0 fully saturated rings. The Hall–Kier alpha value is -3.07. The van der Waals surface area contributed by atoms with E-state index in [2.05, 4.69) is 17.4 Å². The summed E-state index contributed by atoms with van der Waals surface area (Å²) in [7, 11) is 0. The predicted octanol–water partition coefficient (Wildman–Crippen LogP) is 4.36. The van der Waals surface area contributed by atoms with E-state index in [0.29, 0.717) is 18.5 Å². The van der Waals surface area contributed by atoms with Crippen molar-refractivity contribution in [2.24, 2.45) is 0 Å². The summed E-state index contributed by atoms with van der Waals surface area (Å²) in [6, 6.07) is 23.8. The third-order valence-corrected chi connectivity index (χ3v) is 4.48. The molecule has 0 bridgehead atoms. The number of fused-ring (bicyclic) bond motifs is 2. The molecule has 3 nitrogen and oxygen atoms in total. The number of para-hydroxylation sites is 1. The lowest BCUT2D eigenvalue weighted by molar-refractivity contribution is 0.0953. The van der Waals surface area contributed by atoms with Crippen molar-refractivity contribution in [1.29, 1.82) is 0 Å². The first kappa shape index (κ1) is 15.5. The molecule has 0 saturated carbocycles. The quantitative estimate of drug-likeness (QED) is 0.604. The smallest absolute Gasteiger partial charge is 0.251 e. The lowest BCUT2D eigenvalue weighted by atomic mass is 9.95. The van der Waals surface area contributed by atoms with Crippen molar-refractivity contribution in [2.75, 3.05) is 6.54 Å².